The maximum atomic E-state index is 12.3. The molecule has 2 saturated heterocycles. The van der Waals surface area contributed by atoms with E-state index in [4.69, 9.17) is 0 Å². The first-order valence-electron chi connectivity index (χ1n) is 6.89. The molecule has 2 heterocycles. The number of hydrogen-bond donors (Lipinski definition) is 1. The van der Waals surface area contributed by atoms with Crippen LogP contribution in [0.1, 0.15) is 32.6 Å². The molecule has 6 heteroatoms. The van der Waals surface area contributed by atoms with E-state index in [1.165, 1.54) is 4.31 Å². The van der Waals surface area contributed by atoms with Gasteiger partial charge in [-0.25, -0.2) is 0 Å². The summed E-state index contributed by atoms with van der Waals surface area (Å²) in [6, 6.07) is 0. The Labute approximate surface area is 109 Å². The Kier molecular flexibility index (Phi) is 2.97. The Hall–Kier alpha value is -0.170. The van der Waals surface area contributed by atoms with Gasteiger partial charge in [0, 0.05) is 26.2 Å². The van der Waals surface area contributed by atoms with Crippen LogP contribution in [0.2, 0.25) is 0 Å². The van der Waals surface area contributed by atoms with Gasteiger partial charge < -0.3 is 5.11 Å². The molecule has 0 aromatic rings. The summed E-state index contributed by atoms with van der Waals surface area (Å²) in [4.78, 5) is 0. The molecule has 2 aliphatic heterocycles. The zero-order valence-electron chi connectivity index (χ0n) is 10.9. The Morgan fingerprint density at radius 1 is 1.06 bits per heavy atom. The van der Waals surface area contributed by atoms with Gasteiger partial charge in [-0.2, -0.15) is 17.0 Å². The van der Waals surface area contributed by atoms with Gasteiger partial charge in [0.15, 0.2) is 0 Å². The third-order valence-electron chi connectivity index (χ3n) is 4.63. The fourth-order valence-electron chi connectivity index (χ4n) is 2.99. The quantitative estimate of drug-likeness (QED) is 0.811. The normalized spacial score (nSPS) is 31.2. The van der Waals surface area contributed by atoms with E-state index in [0.717, 1.165) is 25.7 Å². The molecule has 0 aromatic carbocycles. The Balaban J connectivity index is 1.62. The van der Waals surface area contributed by atoms with Crippen LogP contribution in [0.15, 0.2) is 0 Å². The van der Waals surface area contributed by atoms with Crippen LogP contribution in [0.3, 0.4) is 0 Å². The van der Waals surface area contributed by atoms with E-state index in [1.807, 2.05) is 0 Å². The van der Waals surface area contributed by atoms with Crippen LogP contribution in [0.25, 0.3) is 0 Å². The Morgan fingerprint density at radius 2 is 1.61 bits per heavy atom. The molecule has 0 spiro atoms. The fraction of sp³-hybridized carbons (Fsp3) is 1.00. The number of rotatable bonds is 3. The summed E-state index contributed by atoms with van der Waals surface area (Å²) in [5.74, 6) is 0.960. The van der Waals surface area contributed by atoms with Gasteiger partial charge in [0.2, 0.25) is 0 Å². The first-order chi connectivity index (χ1) is 8.42. The summed E-state index contributed by atoms with van der Waals surface area (Å²) in [7, 11) is -3.32. The van der Waals surface area contributed by atoms with Crippen molar-refractivity contribution < 1.29 is 13.5 Å². The Bertz CT molecular complexity index is 419. The molecule has 3 aliphatic rings. The largest absolute Gasteiger partial charge is 0.387 e. The molecule has 1 N–H and O–H groups in total. The monoisotopic (exact) mass is 274 g/mol. The number of piperidine rings is 1. The van der Waals surface area contributed by atoms with Gasteiger partial charge in [0.1, 0.15) is 0 Å². The first-order valence-corrected chi connectivity index (χ1v) is 8.29. The maximum Gasteiger partial charge on any atom is 0.282 e. The molecule has 0 amide bonds. The third-order valence-corrected chi connectivity index (χ3v) is 6.56. The molecule has 0 radical (unpaired) electrons. The van der Waals surface area contributed by atoms with Crippen molar-refractivity contribution in [2.24, 2.45) is 11.8 Å². The van der Waals surface area contributed by atoms with Gasteiger partial charge in [0.05, 0.1) is 5.60 Å². The van der Waals surface area contributed by atoms with Gasteiger partial charge in [-0.15, -0.1) is 0 Å². The number of hydrogen-bond acceptors (Lipinski definition) is 3. The molecule has 3 fully saturated rings. The summed E-state index contributed by atoms with van der Waals surface area (Å²) in [6.07, 6.45) is 3.98. The van der Waals surface area contributed by atoms with Gasteiger partial charge in [-0.1, -0.05) is 6.92 Å². The highest BCUT2D eigenvalue weighted by atomic mass is 32.2. The topological polar surface area (TPSA) is 60.9 Å². The van der Waals surface area contributed by atoms with E-state index in [2.05, 4.69) is 6.92 Å². The molecule has 1 aliphatic carbocycles. The summed E-state index contributed by atoms with van der Waals surface area (Å²) in [5, 5.41) is 10.2. The highest BCUT2D eigenvalue weighted by Gasteiger charge is 2.56. The van der Waals surface area contributed by atoms with E-state index in [0.29, 0.717) is 38.0 Å². The molecule has 0 unspecified atom stereocenters. The number of nitrogens with zero attached hydrogens (tertiary/aromatic N) is 2. The number of aliphatic hydroxyl groups is 1. The highest BCUT2D eigenvalue weighted by Crippen LogP contribution is 2.45. The smallest absolute Gasteiger partial charge is 0.282 e. The van der Waals surface area contributed by atoms with Crippen molar-refractivity contribution >= 4 is 10.2 Å². The van der Waals surface area contributed by atoms with E-state index < -0.39 is 15.8 Å². The van der Waals surface area contributed by atoms with Crippen molar-refractivity contribution in [2.75, 3.05) is 26.2 Å². The van der Waals surface area contributed by atoms with Gasteiger partial charge in [0.25, 0.3) is 10.2 Å². The molecule has 0 atom stereocenters. The standard InChI is InChI=1S/C12H22N2O3S/c1-10-4-6-13(7-5-10)18(16,17)14-8-12(15,9-14)11-2-3-11/h10-11,15H,2-9H2,1H3. The molecule has 18 heavy (non-hydrogen) atoms. The highest BCUT2D eigenvalue weighted by molar-refractivity contribution is 7.86. The van der Waals surface area contributed by atoms with Crippen molar-refractivity contribution in [3.05, 3.63) is 0 Å². The van der Waals surface area contributed by atoms with Crippen LogP contribution in [0, 0.1) is 11.8 Å². The molecule has 0 bridgehead atoms. The van der Waals surface area contributed by atoms with Crippen LogP contribution in [-0.2, 0) is 10.2 Å². The van der Waals surface area contributed by atoms with Crippen LogP contribution >= 0.6 is 0 Å². The predicted molar refractivity (Wildman–Crippen MR) is 68.1 cm³/mol. The summed E-state index contributed by atoms with van der Waals surface area (Å²) in [5.41, 5.74) is -0.726. The fourth-order valence-corrected chi connectivity index (χ4v) is 4.76. The minimum absolute atomic E-state index is 0.298. The van der Waals surface area contributed by atoms with Crippen LogP contribution in [-0.4, -0.2) is 53.9 Å². The molecule has 0 aromatic heterocycles. The van der Waals surface area contributed by atoms with Crippen molar-refractivity contribution in [1.82, 2.24) is 8.61 Å². The van der Waals surface area contributed by atoms with Crippen molar-refractivity contribution in [2.45, 2.75) is 38.2 Å². The zero-order valence-corrected chi connectivity index (χ0v) is 11.7. The van der Waals surface area contributed by atoms with Crippen LogP contribution < -0.4 is 0 Å². The summed E-state index contributed by atoms with van der Waals surface area (Å²) in [6.45, 7) is 4.02. The lowest BCUT2D eigenvalue weighted by atomic mass is 9.91. The molecule has 1 saturated carbocycles. The lowest BCUT2D eigenvalue weighted by Crippen LogP contribution is -2.67. The second kappa shape index (κ2) is 4.16. The van der Waals surface area contributed by atoms with Crippen molar-refractivity contribution in [3.63, 3.8) is 0 Å². The summed E-state index contributed by atoms with van der Waals surface area (Å²) < 4.78 is 27.7. The lowest BCUT2D eigenvalue weighted by molar-refractivity contribution is -0.0787. The van der Waals surface area contributed by atoms with E-state index in [1.54, 1.807) is 4.31 Å². The Morgan fingerprint density at radius 3 is 2.11 bits per heavy atom. The zero-order chi connectivity index (χ0) is 13.0. The average Bonchev–Trinajstić information content (AvgIpc) is 3.09. The second-order valence-electron chi connectivity index (χ2n) is 6.24. The SMILES string of the molecule is CC1CCN(S(=O)(=O)N2CC(O)(C3CC3)C2)CC1. The minimum Gasteiger partial charge on any atom is -0.387 e. The van der Waals surface area contributed by atoms with Gasteiger partial charge >= 0.3 is 0 Å². The van der Waals surface area contributed by atoms with Crippen molar-refractivity contribution in [3.8, 4) is 0 Å². The molecule has 104 valence electrons. The average molecular weight is 274 g/mol. The summed E-state index contributed by atoms with van der Waals surface area (Å²) >= 11 is 0. The van der Waals surface area contributed by atoms with Crippen LogP contribution in [0.4, 0.5) is 0 Å². The van der Waals surface area contributed by atoms with E-state index in [-0.39, 0.29) is 0 Å². The minimum atomic E-state index is -3.32. The second-order valence-corrected chi connectivity index (χ2v) is 8.16. The molecule has 5 nitrogen and oxygen atoms in total. The maximum absolute atomic E-state index is 12.3. The third kappa shape index (κ3) is 2.09. The first kappa shape index (κ1) is 12.8. The molecular weight excluding hydrogens is 252 g/mol. The molecule has 3 rings (SSSR count). The van der Waals surface area contributed by atoms with E-state index in [9.17, 15) is 13.5 Å². The van der Waals surface area contributed by atoms with E-state index >= 15 is 0 Å². The number of β-amino-alcohol motifs (C(OH)–C–C–N with tert-alkyl or cyclic N) is 1. The van der Waals surface area contributed by atoms with Crippen molar-refractivity contribution in [1.29, 1.82) is 0 Å². The predicted octanol–water partition coefficient (Wildman–Crippen LogP) is 0.420. The van der Waals surface area contributed by atoms with Crippen LogP contribution in [0.5, 0.6) is 0 Å². The van der Waals surface area contributed by atoms with Gasteiger partial charge in [-0.3, -0.25) is 0 Å². The molecular formula is C12H22N2O3S. The lowest BCUT2D eigenvalue weighted by Gasteiger charge is -2.47. The van der Waals surface area contributed by atoms with Gasteiger partial charge in [-0.05, 0) is 37.5 Å².